The Kier molecular flexibility index (Phi) is 2.90. The molecule has 16 heavy (non-hydrogen) atoms. The van der Waals surface area contributed by atoms with Gasteiger partial charge in [0.15, 0.2) is 0 Å². The number of halogens is 1. The summed E-state index contributed by atoms with van der Waals surface area (Å²) < 4.78 is 13.1. The maximum absolute atomic E-state index is 13.1. The van der Waals surface area contributed by atoms with Gasteiger partial charge in [-0.25, -0.2) is 4.39 Å². The van der Waals surface area contributed by atoms with Crippen molar-refractivity contribution in [3.05, 3.63) is 30.1 Å². The largest absolute Gasteiger partial charge is 0.291 e. The molecule has 0 N–H and O–H groups in total. The fraction of sp³-hybridized carbons (Fsp3) is 0.538. The van der Waals surface area contributed by atoms with Gasteiger partial charge < -0.3 is 0 Å². The summed E-state index contributed by atoms with van der Waals surface area (Å²) in [7, 11) is 0. The lowest BCUT2D eigenvalue weighted by molar-refractivity contribution is 0.0936. The standard InChI is InChI=1S/C13H16FNS/c14-11-2-1-3-12(9-11)16-13-8-10-4-6-15(13)7-5-10/h1-3,9-10,13H,4-8H2/t13-/m1/s1. The highest BCUT2D eigenvalue weighted by Gasteiger charge is 2.33. The number of hydrogen-bond donors (Lipinski definition) is 0. The number of nitrogens with zero attached hydrogens (tertiary/aromatic N) is 1. The number of hydrogen-bond acceptors (Lipinski definition) is 2. The summed E-state index contributed by atoms with van der Waals surface area (Å²) in [6.45, 7) is 2.47. The Balaban J connectivity index is 1.71. The van der Waals surface area contributed by atoms with Crippen molar-refractivity contribution in [2.45, 2.75) is 29.5 Å². The Bertz CT molecular complexity index is 374. The predicted octanol–water partition coefficient (Wildman–Crippen LogP) is 3.36. The normalized spacial score (nSPS) is 32.9. The molecule has 0 saturated carbocycles. The van der Waals surface area contributed by atoms with Crippen LogP contribution >= 0.6 is 11.8 Å². The molecule has 0 spiro atoms. The van der Waals surface area contributed by atoms with Crippen LogP contribution in [0.4, 0.5) is 4.39 Å². The number of piperidine rings is 3. The predicted molar refractivity (Wildman–Crippen MR) is 65.0 cm³/mol. The van der Waals surface area contributed by atoms with E-state index in [9.17, 15) is 4.39 Å². The molecule has 3 heteroatoms. The highest BCUT2D eigenvalue weighted by molar-refractivity contribution is 7.99. The van der Waals surface area contributed by atoms with Crippen molar-refractivity contribution in [2.75, 3.05) is 13.1 Å². The minimum absolute atomic E-state index is 0.124. The average molecular weight is 237 g/mol. The molecule has 0 radical (unpaired) electrons. The smallest absolute Gasteiger partial charge is 0.124 e. The van der Waals surface area contributed by atoms with Gasteiger partial charge in [0, 0.05) is 4.90 Å². The minimum atomic E-state index is -0.124. The molecular weight excluding hydrogens is 221 g/mol. The van der Waals surface area contributed by atoms with E-state index in [-0.39, 0.29) is 5.82 Å². The second-order valence-corrected chi connectivity index (χ2v) is 6.00. The zero-order valence-electron chi connectivity index (χ0n) is 9.23. The maximum Gasteiger partial charge on any atom is 0.124 e. The number of rotatable bonds is 2. The molecule has 3 heterocycles. The van der Waals surface area contributed by atoms with Gasteiger partial charge in [-0.2, -0.15) is 0 Å². The van der Waals surface area contributed by atoms with E-state index in [2.05, 4.69) is 4.90 Å². The van der Waals surface area contributed by atoms with Gasteiger partial charge in [-0.05, 0) is 56.5 Å². The minimum Gasteiger partial charge on any atom is -0.291 e. The van der Waals surface area contributed by atoms with Crippen LogP contribution in [-0.2, 0) is 0 Å². The lowest BCUT2D eigenvalue weighted by Gasteiger charge is -2.45. The van der Waals surface area contributed by atoms with Crippen molar-refractivity contribution in [3.8, 4) is 0 Å². The molecule has 1 aromatic rings. The summed E-state index contributed by atoms with van der Waals surface area (Å²) in [5.74, 6) is 0.789. The van der Waals surface area contributed by atoms with Crippen LogP contribution in [0.2, 0.25) is 0 Å². The first-order valence-electron chi connectivity index (χ1n) is 5.97. The lowest BCUT2D eigenvalue weighted by Crippen LogP contribution is -2.46. The Morgan fingerprint density at radius 3 is 2.69 bits per heavy atom. The SMILES string of the molecule is Fc1cccc(S[C@@H]2CC3CCN2CC3)c1. The van der Waals surface area contributed by atoms with E-state index in [1.54, 1.807) is 12.1 Å². The van der Waals surface area contributed by atoms with Crippen LogP contribution in [0.15, 0.2) is 29.2 Å². The van der Waals surface area contributed by atoms with Gasteiger partial charge in [-0.3, -0.25) is 4.90 Å². The third kappa shape index (κ3) is 2.11. The first kappa shape index (κ1) is 10.6. The summed E-state index contributed by atoms with van der Waals surface area (Å²) in [6, 6.07) is 6.97. The number of thioether (sulfide) groups is 1. The average Bonchev–Trinajstić information content (AvgIpc) is 2.30. The summed E-state index contributed by atoms with van der Waals surface area (Å²) >= 11 is 1.83. The molecule has 3 fully saturated rings. The Morgan fingerprint density at radius 2 is 2.06 bits per heavy atom. The van der Waals surface area contributed by atoms with Gasteiger partial charge in [0.25, 0.3) is 0 Å². The molecule has 1 aromatic carbocycles. The second kappa shape index (κ2) is 4.38. The Morgan fingerprint density at radius 1 is 1.25 bits per heavy atom. The lowest BCUT2D eigenvalue weighted by atomic mass is 9.88. The van der Waals surface area contributed by atoms with Crippen LogP contribution in [0.3, 0.4) is 0 Å². The van der Waals surface area contributed by atoms with E-state index >= 15 is 0 Å². The molecule has 4 rings (SSSR count). The van der Waals surface area contributed by atoms with Crippen molar-refractivity contribution in [2.24, 2.45) is 5.92 Å². The summed E-state index contributed by atoms with van der Waals surface area (Å²) in [5, 5.41) is 0.578. The van der Waals surface area contributed by atoms with Crippen LogP contribution in [0.1, 0.15) is 19.3 Å². The quantitative estimate of drug-likeness (QED) is 0.776. The van der Waals surface area contributed by atoms with E-state index in [1.165, 1.54) is 38.4 Å². The third-order valence-corrected chi connectivity index (χ3v) is 4.95. The summed E-state index contributed by atoms with van der Waals surface area (Å²) in [4.78, 5) is 3.62. The molecule has 3 aliphatic heterocycles. The second-order valence-electron chi connectivity index (χ2n) is 4.74. The van der Waals surface area contributed by atoms with Gasteiger partial charge in [-0.1, -0.05) is 6.07 Å². The van der Waals surface area contributed by atoms with E-state index in [0.717, 1.165) is 10.8 Å². The van der Waals surface area contributed by atoms with E-state index < -0.39 is 0 Å². The molecule has 86 valence electrons. The monoisotopic (exact) mass is 237 g/mol. The first-order valence-corrected chi connectivity index (χ1v) is 6.85. The zero-order chi connectivity index (χ0) is 11.0. The first-order chi connectivity index (χ1) is 7.81. The third-order valence-electron chi connectivity index (χ3n) is 3.66. The van der Waals surface area contributed by atoms with Crippen molar-refractivity contribution in [1.29, 1.82) is 0 Å². The Hall–Kier alpha value is -0.540. The Labute approximate surface area is 100 Å². The van der Waals surface area contributed by atoms with E-state index in [1.807, 2.05) is 17.8 Å². The van der Waals surface area contributed by atoms with Crippen LogP contribution in [0.5, 0.6) is 0 Å². The van der Waals surface area contributed by atoms with Crippen LogP contribution in [0, 0.1) is 11.7 Å². The fourth-order valence-corrected chi connectivity index (χ4v) is 4.11. The van der Waals surface area contributed by atoms with Gasteiger partial charge in [0.05, 0.1) is 5.37 Å². The van der Waals surface area contributed by atoms with Crippen molar-refractivity contribution in [1.82, 2.24) is 4.90 Å². The number of fused-ring (bicyclic) bond motifs is 3. The molecule has 3 aliphatic rings. The van der Waals surface area contributed by atoms with Gasteiger partial charge >= 0.3 is 0 Å². The molecule has 1 atom stereocenters. The van der Waals surface area contributed by atoms with Crippen molar-refractivity contribution in [3.63, 3.8) is 0 Å². The van der Waals surface area contributed by atoms with Gasteiger partial charge in [0.2, 0.25) is 0 Å². The molecule has 1 nitrogen and oxygen atoms in total. The van der Waals surface area contributed by atoms with Crippen LogP contribution in [-0.4, -0.2) is 23.4 Å². The zero-order valence-corrected chi connectivity index (χ0v) is 10.0. The van der Waals surface area contributed by atoms with Crippen molar-refractivity contribution < 1.29 is 4.39 Å². The van der Waals surface area contributed by atoms with Gasteiger partial charge in [0.1, 0.15) is 5.82 Å². The molecule has 3 saturated heterocycles. The molecule has 0 amide bonds. The van der Waals surface area contributed by atoms with E-state index in [4.69, 9.17) is 0 Å². The number of benzene rings is 1. The van der Waals surface area contributed by atoms with Crippen LogP contribution < -0.4 is 0 Å². The molecule has 0 unspecified atom stereocenters. The van der Waals surface area contributed by atoms with Crippen LogP contribution in [0.25, 0.3) is 0 Å². The highest BCUT2D eigenvalue weighted by atomic mass is 32.2. The summed E-state index contributed by atoms with van der Waals surface area (Å²) in [5.41, 5.74) is 0. The molecule has 0 aliphatic carbocycles. The molecular formula is C13H16FNS. The topological polar surface area (TPSA) is 3.24 Å². The summed E-state index contributed by atoms with van der Waals surface area (Å²) in [6.07, 6.45) is 4.00. The highest BCUT2D eigenvalue weighted by Crippen LogP contribution is 2.39. The van der Waals surface area contributed by atoms with Crippen molar-refractivity contribution >= 4 is 11.8 Å². The molecule has 2 bridgehead atoms. The fourth-order valence-electron chi connectivity index (χ4n) is 2.73. The van der Waals surface area contributed by atoms with E-state index in [0.29, 0.717) is 5.37 Å². The van der Waals surface area contributed by atoms with Gasteiger partial charge in [-0.15, -0.1) is 11.8 Å². The maximum atomic E-state index is 13.1. The molecule has 0 aromatic heterocycles.